The average molecular weight is 281 g/mol. The summed E-state index contributed by atoms with van der Waals surface area (Å²) in [6.07, 6.45) is 1.48. The zero-order valence-electron chi connectivity index (χ0n) is 9.25. The summed E-state index contributed by atoms with van der Waals surface area (Å²) in [7, 11) is 1.89. The van der Waals surface area contributed by atoms with Crippen molar-refractivity contribution in [2.75, 3.05) is 7.05 Å². The van der Waals surface area contributed by atoms with Gasteiger partial charge in [-0.15, -0.1) is 0 Å². The van der Waals surface area contributed by atoms with Crippen LogP contribution in [0.25, 0.3) is 11.3 Å². The van der Waals surface area contributed by atoms with Crippen molar-refractivity contribution in [1.29, 1.82) is 0 Å². The maximum Gasteiger partial charge on any atom is 0.181 e. The second-order valence-corrected chi connectivity index (χ2v) is 4.48. The fourth-order valence-corrected chi connectivity index (χ4v) is 1.91. The number of aromatic nitrogens is 1. The first-order valence-corrected chi connectivity index (χ1v) is 5.85. The summed E-state index contributed by atoms with van der Waals surface area (Å²) in [6.45, 7) is 2.76. The molecule has 0 unspecified atom stereocenters. The molecule has 16 heavy (non-hydrogen) atoms. The molecule has 0 spiro atoms. The summed E-state index contributed by atoms with van der Waals surface area (Å²) in [5.74, 6) is 0.829. The Morgan fingerprint density at radius 2 is 2.25 bits per heavy atom. The third-order valence-corrected chi connectivity index (χ3v) is 3.27. The van der Waals surface area contributed by atoms with E-state index in [-0.39, 0.29) is 0 Å². The lowest BCUT2D eigenvalue weighted by molar-refractivity contribution is 0.570. The van der Waals surface area contributed by atoms with Gasteiger partial charge in [0.05, 0.1) is 0 Å². The SMILES string of the molecule is CNCc1ncoc1-c1ccc(C)c(Br)c1. The number of nitrogens with zero attached hydrogens (tertiary/aromatic N) is 1. The highest BCUT2D eigenvalue weighted by molar-refractivity contribution is 9.10. The van der Waals surface area contributed by atoms with Crippen molar-refractivity contribution in [1.82, 2.24) is 10.3 Å². The molecule has 0 amide bonds. The predicted molar refractivity (Wildman–Crippen MR) is 67.1 cm³/mol. The molecule has 0 fully saturated rings. The summed E-state index contributed by atoms with van der Waals surface area (Å²) in [6, 6.07) is 6.15. The van der Waals surface area contributed by atoms with Gasteiger partial charge in [0, 0.05) is 16.6 Å². The Morgan fingerprint density at radius 3 is 2.94 bits per heavy atom. The number of hydrogen-bond donors (Lipinski definition) is 1. The molecule has 1 aromatic carbocycles. The van der Waals surface area contributed by atoms with Gasteiger partial charge in [0.1, 0.15) is 5.69 Å². The highest BCUT2D eigenvalue weighted by Gasteiger charge is 2.10. The first kappa shape index (κ1) is 11.4. The van der Waals surface area contributed by atoms with Crippen LogP contribution in [0.3, 0.4) is 0 Å². The van der Waals surface area contributed by atoms with Crippen molar-refractivity contribution < 1.29 is 4.42 Å². The Kier molecular flexibility index (Phi) is 3.41. The zero-order valence-corrected chi connectivity index (χ0v) is 10.8. The minimum atomic E-state index is 0.706. The summed E-state index contributed by atoms with van der Waals surface area (Å²) < 4.78 is 6.51. The molecule has 0 bridgehead atoms. The van der Waals surface area contributed by atoms with E-state index in [1.807, 2.05) is 13.1 Å². The molecule has 1 N–H and O–H groups in total. The maximum absolute atomic E-state index is 5.43. The Balaban J connectivity index is 2.42. The second kappa shape index (κ2) is 4.80. The number of oxazole rings is 1. The predicted octanol–water partition coefficient (Wildman–Crippen LogP) is 3.13. The number of rotatable bonds is 3. The molecular formula is C12H13BrN2O. The van der Waals surface area contributed by atoms with E-state index in [1.54, 1.807) is 0 Å². The normalized spacial score (nSPS) is 10.7. The van der Waals surface area contributed by atoms with Crippen molar-refractivity contribution in [3.8, 4) is 11.3 Å². The van der Waals surface area contributed by atoms with E-state index >= 15 is 0 Å². The van der Waals surface area contributed by atoms with Gasteiger partial charge in [0.25, 0.3) is 0 Å². The van der Waals surface area contributed by atoms with Crippen LogP contribution in [0.1, 0.15) is 11.3 Å². The first-order chi connectivity index (χ1) is 7.72. The molecule has 4 heteroatoms. The molecule has 3 nitrogen and oxygen atoms in total. The quantitative estimate of drug-likeness (QED) is 0.939. The monoisotopic (exact) mass is 280 g/mol. The first-order valence-electron chi connectivity index (χ1n) is 5.06. The van der Waals surface area contributed by atoms with Crippen LogP contribution in [-0.4, -0.2) is 12.0 Å². The number of halogens is 1. The van der Waals surface area contributed by atoms with Gasteiger partial charge in [-0.05, 0) is 25.6 Å². The number of aryl methyl sites for hydroxylation is 1. The van der Waals surface area contributed by atoms with Crippen molar-refractivity contribution in [3.63, 3.8) is 0 Å². The molecule has 0 aliphatic heterocycles. The van der Waals surface area contributed by atoms with E-state index in [0.717, 1.165) is 21.5 Å². The van der Waals surface area contributed by atoms with Gasteiger partial charge in [-0.1, -0.05) is 28.1 Å². The van der Waals surface area contributed by atoms with Crippen LogP contribution < -0.4 is 5.32 Å². The molecule has 0 radical (unpaired) electrons. The topological polar surface area (TPSA) is 38.1 Å². The molecule has 0 atom stereocenters. The smallest absolute Gasteiger partial charge is 0.181 e. The minimum absolute atomic E-state index is 0.706. The zero-order chi connectivity index (χ0) is 11.5. The summed E-state index contributed by atoms with van der Waals surface area (Å²) in [5.41, 5.74) is 3.18. The highest BCUT2D eigenvalue weighted by Crippen LogP contribution is 2.27. The van der Waals surface area contributed by atoms with Crippen molar-refractivity contribution in [2.45, 2.75) is 13.5 Å². The van der Waals surface area contributed by atoms with E-state index in [1.165, 1.54) is 12.0 Å². The van der Waals surface area contributed by atoms with Crippen LogP contribution in [0, 0.1) is 6.92 Å². The van der Waals surface area contributed by atoms with Crippen LogP contribution in [0.15, 0.2) is 33.5 Å². The van der Waals surface area contributed by atoms with E-state index in [4.69, 9.17) is 4.42 Å². The summed E-state index contributed by atoms with van der Waals surface area (Å²) in [4.78, 5) is 4.19. The number of nitrogens with one attached hydrogen (secondary N) is 1. The molecule has 0 saturated heterocycles. The van der Waals surface area contributed by atoms with Gasteiger partial charge in [-0.25, -0.2) is 4.98 Å². The lowest BCUT2D eigenvalue weighted by Gasteiger charge is -2.03. The van der Waals surface area contributed by atoms with Crippen molar-refractivity contribution in [3.05, 3.63) is 40.3 Å². The van der Waals surface area contributed by atoms with E-state index in [0.29, 0.717) is 6.54 Å². The molecule has 0 aliphatic carbocycles. The molecule has 0 saturated carbocycles. The van der Waals surface area contributed by atoms with Crippen molar-refractivity contribution >= 4 is 15.9 Å². The standard InChI is InChI=1S/C12H13BrN2O/c1-8-3-4-9(5-10(8)13)12-11(6-14-2)15-7-16-12/h3-5,7,14H,6H2,1-2H3. The highest BCUT2D eigenvalue weighted by atomic mass is 79.9. The van der Waals surface area contributed by atoms with Crippen molar-refractivity contribution in [2.24, 2.45) is 0 Å². The molecule has 1 heterocycles. The Bertz CT molecular complexity index is 494. The average Bonchev–Trinajstić information content (AvgIpc) is 2.71. The molecule has 0 aliphatic rings. The second-order valence-electron chi connectivity index (χ2n) is 3.62. The van der Waals surface area contributed by atoms with Gasteiger partial charge in [0.15, 0.2) is 12.2 Å². The van der Waals surface area contributed by atoms with Gasteiger partial charge >= 0.3 is 0 Å². The fourth-order valence-electron chi connectivity index (χ4n) is 1.53. The van der Waals surface area contributed by atoms with Gasteiger partial charge in [-0.3, -0.25) is 0 Å². The third kappa shape index (κ3) is 2.18. The molecule has 2 aromatic rings. The fraction of sp³-hybridized carbons (Fsp3) is 0.250. The van der Waals surface area contributed by atoms with Crippen LogP contribution in [0.4, 0.5) is 0 Å². The largest absolute Gasteiger partial charge is 0.443 e. The third-order valence-electron chi connectivity index (χ3n) is 2.42. The Hall–Kier alpha value is -1.13. The number of hydrogen-bond acceptors (Lipinski definition) is 3. The van der Waals surface area contributed by atoms with Gasteiger partial charge in [0.2, 0.25) is 0 Å². The molecular weight excluding hydrogens is 268 g/mol. The van der Waals surface area contributed by atoms with Gasteiger partial charge in [-0.2, -0.15) is 0 Å². The summed E-state index contributed by atoms with van der Waals surface area (Å²) >= 11 is 3.52. The van der Waals surface area contributed by atoms with E-state index in [2.05, 4.69) is 45.3 Å². The maximum atomic E-state index is 5.43. The van der Waals surface area contributed by atoms with E-state index in [9.17, 15) is 0 Å². The molecule has 1 aromatic heterocycles. The van der Waals surface area contributed by atoms with Crippen LogP contribution >= 0.6 is 15.9 Å². The van der Waals surface area contributed by atoms with Crippen LogP contribution in [0.2, 0.25) is 0 Å². The molecule has 84 valence electrons. The summed E-state index contributed by atoms with van der Waals surface area (Å²) in [5, 5.41) is 3.07. The van der Waals surface area contributed by atoms with Crippen LogP contribution in [-0.2, 0) is 6.54 Å². The lowest BCUT2D eigenvalue weighted by atomic mass is 10.1. The van der Waals surface area contributed by atoms with Gasteiger partial charge < -0.3 is 9.73 Å². The lowest BCUT2D eigenvalue weighted by Crippen LogP contribution is -2.06. The Labute approximate surface area is 103 Å². The van der Waals surface area contributed by atoms with E-state index < -0.39 is 0 Å². The Morgan fingerprint density at radius 1 is 1.44 bits per heavy atom. The molecule has 2 rings (SSSR count). The minimum Gasteiger partial charge on any atom is -0.443 e. The van der Waals surface area contributed by atoms with Crippen LogP contribution in [0.5, 0.6) is 0 Å². The number of benzene rings is 1.